The SMILES string of the molecule is CC(C)(C)[C]#[W]([Cl])([Cl])[Cl].COCCOC. The molecule has 0 rings (SSSR count). The second-order valence-corrected chi connectivity index (χ2v) is 22.6. The molecule has 6 heteroatoms. The zero-order valence-electron chi connectivity index (χ0n) is 9.77. The first-order valence-corrected chi connectivity index (χ1v) is 16.7. The summed E-state index contributed by atoms with van der Waals surface area (Å²) in [6.07, 6.45) is 0. The Morgan fingerprint density at radius 2 is 1.33 bits per heavy atom. The first kappa shape index (κ1) is 18.6. The summed E-state index contributed by atoms with van der Waals surface area (Å²) in [5, 5.41) is 0. The van der Waals surface area contributed by atoms with Crippen LogP contribution < -0.4 is 0 Å². The molecule has 0 aliphatic heterocycles. The van der Waals surface area contributed by atoms with E-state index in [0.717, 1.165) is 0 Å². The molecule has 0 aromatic rings. The van der Waals surface area contributed by atoms with Crippen LogP contribution in [0.25, 0.3) is 0 Å². The van der Waals surface area contributed by atoms with Gasteiger partial charge in [0.1, 0.15) is 0 Å². The van der Waals surface area contributed by atoms with Crippen molar-refractivity contribution in [2.75, 3.05) is 27.4 Å². The molecular formula is C9H19Cl3O2W. The molecule has 0 radical (unpaired) electrons. The van der Waals surface area contributed by atoms with E-state index >= 15 is 0 Å². The summed E-state index contributed by atoms with van der Waals surface area (Å²) in [6, 6.07) is 0. The molecule has 0 N–H and O–H groups in total. The van der Waals surface area contributed by atoms with Crippen molar-refractivity contribution in [3.05, 3.63) is 0 Å². The zero-order chi connectivity index (χ0) is 12.5. The van der Waals surface area contributed by atoms with E-state index in [0.29, 0.717) is 13.2 Å². The van der Waals surface area contributed by atoms with Crippen LogP contribution in [0.15, 0.2) is 0 Å². The average molecular weight is 449 g/mol. The zero-order valence-corrected chi connectivity index (χ0v) is 15.0. The minimum Gasteiger partial charge on any atom is -0.382 e. The Morgan fingerprint density at radius 1 is 1.00 bits per heavy atom. The minimum atomic E-state index is -3.26. The van der Waals surface area contributed by atoms with Crippen LogP contribution in [0.4, 0.5) is 0 Å². The molecule has 0 aromatic carbocycles. The van der Waals surface area contributed by atoms with E-state index in [1.54, 1.807) is 14.2 Å². The number of hydrogen-bond donors (Lipinski definition) is 0. The summed E-state index contributed by atoms with van der Waals surface area (Å²) < 4.78 is 12.3. The molecule has 0 bridgehead atoms. The van der Waals surface area contributed by atoms with Crippen molar-refractivity contribution >= 4 is 28.3 Å². The molecule has 0 aromatic heterocycles. The number of hydrogen-bond acceptors (Lipinski definition) is 2. The summed E-state index contributed by atoms with van der Waals surface area (Å²) in [4.78, 5) is 0. The normalized spacial score (nSPS) is 11.5. The van der Waals surface area contributed by atoms with Gasteiger partial charge < -0.3 is 9.47 Å². The monoisotopic (exact) mass is 448 g/mol. The van der Waals surface area contributed by atoms with Crippen LogP contribution >= 0.6 is 28.3 Å². The summed E-state index contributed by atoms with van der Waals surface area (Å²) in [5.74, 6) is 0. The molecule has 0 saturated carbocycles. The van der Waals surface area contributed by atoms with Crippen molar-refractivity contribution in [3.63, 3.8) is 0 Å². The molecule has 15 heavy (non-hydrogen) atoms. The molecule has 94 valence electrons. The second kappa shape index (κ2) is 9.31. The van der Waals surface area contributed by atoms with E-state index in [4.69, 9.17) is 28.3 Å². The van der Waals surface area contributed by atoms with Crippen LogP contribution in [0.1, 0.15) is 20.8 Å². The summed E-state index contributed by atoms with van der Waals surface area (Å²) in [7, 11) is 20.2. The first-order valence-electron chi connectivity index (χ1n) is 4.31. The van der Waals surface area contributed by atoms with Gasteiger partial charge in [0.25, 0.3) is 0 Å². The Balaban J connectivity index is 0. The molecule has 0 spiro atoms. The molecule has 0 amide bonds. The third kappa shape index (κ3) is 25.5. The summed E-state index contributed by atoms with van der Waals surface area (Å²) in [5.41, 5.74) is -0.0689. The van der Waals surface area contributed by atoms with Gasteiger partial charge in [-0.15, -0.1) is 0 Å². The van der Waals surface area contributed by atoms with Crippen molar-refractivity contribution < 1.29 is 21.8 Å². The quantitative estimate of drug-likeness (QED) is 0.609. The maximum atomic E-state index is 5.65. The van der Waals surface area contributed by atoms with Gasteiger partial charge in [0.05, 0.1) is 13.2 Å². The fraction of sp³-hybridized carbons (Fsp3) is 0.889. The predicted molar refractivity (Wildman–Crippen MR) is 64.7 cm³/mol. The molecule has 0 heterocycles. The molecule has 0 atom stereocenters. The topological polar surface area (TPSA) is 18.5 Å². The number of ether oxygens (including phenoxy) is 2. The Hall–Kier alpha value is 1.26. The van der Waals surface area contributed by atoms with E-state index in [9.17, 15) is 0 Å². The first-order chi connectivity index (χ1) is 6.62. The van der Waals surface area contributed by atoms with Crippen molar-refractivity contribution in [2.45, 2.75) is 20.8 Å². The summed E-state index contributed by atoms with van der Waals surface area (Å²) in [6.45, 7) is 7.31. The van der Waals surface area contributed by atoms with Crippen LogP contribution in [-0.4, -0.2) is 27.4 Å². The van der Waals surface area contributed by atoms with Gasteiger partial charge in [-0.3, -0.25) is 0 Å². The fourth-order valence-electron chi connectivity index (χ4n) is 0.514. The van der Waals surface area contributed by atoms with Gasteiger partial charge in [-0.1, -0.05) is 0 Å². The maximum absolute atomic E-state index is 5.65. The average Bonchev–Trinajstić information content (AvgIpc) is 1.94. The van der Waals surface area contributed by atoms with E-state index in [2.05, 4.69) is 13.7 Å². The van der Waals surface area contributed by atoms with E-state index < -0.39 is 12.3 Å². The smallest absolute Gasteiger partial charge is 0.0696 e. The van der Waals surface area contributed by atoms with Gasteiger partial charge in [-0.2, -0.15) is 0 Å². The molecular weight excluding hydrogens is 430 g/mol. The van der Waals surface area contributed by atoms with Gasteiger partial charge >= 0.3 is 70.9 Å². The molecule has 0 saturated heterocycles. The van der Waals surface area contributed by atoms with Crippen molar-refractivity contribution in [1.82, 2.24) is 0 Å². The standard InChI is InChI=1S/C5H9.C4H10O2.3ClH.W/c1-5(2,3)4;1-5-3-4-6-2;;;;/h1-3H3;3-4H2,1-2H3;3*1H;/q;;;;;+3/p-3. The minimum absolute atomic E-state index is 0.0689. The third-order valence-electron chi connectivity index (χ3n) is 0.913. The van der Waals surface area contributed by atoms with Crippen molar-refractivity contribution in [1.29, 1.82) is 0 Å². The van der Waals surface area contributed by atoms with Gasteiger partial charge in [0, 0.05) is 14.2 Å². The van der Waals surface area contributed by atoms with Crippen molar-refractivity contribution in [3.8, 4) is 4.20 Å². The van der Waals surface area contributed by atoms with E-state index in [-0.39, 0.29) is 5.41 Å². The Kier molecular flexibility index (Phi) is 11.6. The third-order valence-corrected chi connectivity index (χ3v) is 5.84. The van der Waals surface area contributed by atoms with Crippen LogP contribution in [0.3, 0.4) is 0 Å². The second-order valence-electron chi connectivity index (χ2n) is 3.74. The predicted octanol–water partition coefficient (Wildman–Crippen LogP) is 3.89. The Labute approximate surface area is 107 Å². The molecule has 0 aliphatic rings. The van der Waals surface area contributed by atoms with E-state index in [1.807, 2.05) is 20.8 Å². The number of rotatable bonds is 3. The maximum Gasteiger partial charge on any atom is 0.0696 e. The van der Waals surface area contributed by atoms with Crippen LogP contribution in [0.2, 0.25) is 0 Å². The summed E-state index contributed by atoms with van der Waals surface area (Å²) >= 11 is -3.26. The van der Waals surface area contributed by atoms with Gasteiger partial charge in [-0.25, -0.2) is 0 Å². The molecule has 0 unspecified atom stereocenters. The Bertz CT molecular complexity index is 236. The molecule has 0 fully saturated rings. The van der Waals surface area contributed by atoms with Crippen LogP contribution in [0.5, 0.6) is 0 Å². The fourth-order valence-corrected chi connectivity index (χ4v) is 8.69. The van der Waals surface area contributed by atoms with Gasteiger partial charge in [0.15, 0.2) is 0 Å². The largest absolute Gasteiger partial charge is 0.382 e. The van der Waals surface area contributed by atoms with E-state index in [1.165, 1.54) is 0 Å². The van der Waals surface area contributed by atoms with Gasteiger partial charge in [0.2, 0.25) is 0 Å². The Morgan fingerprint density at radius 3 is 1.40 bits per heavy atom. The molecule has 0 aliphatic carbocycles. The van der Waals surface area contributed by atoms with Crippen molar-refractivity contribution in [2.24, 2.45) is 5.41 Å². The van der Waals surface area contributed by atoms with Crippen LogP contribution in [0, 0.1) is 9.62 Å². The van der Waals surface area contributed by atoms with Gasteiger partial charge in [-0.05, 0) is 0 Å². The number of halogens is 3. The molecule has 2 nitrogen and oxygen atoms in total. The number of methoxy groups -OCH3 is 2. The van der Waals surface area contributed by atoms with Crippen LogP contribution in [-0.2, 0) is 21.8 Å².